The molecule has 8 radical (unpaired) electrons. The minimum atomic E-state index is -0.593. The summed E-state index contributed by atoms with van der Waals surface area (Å²) in [5.74, 6) is 0.781. The summed E-state index contributed by atoms with van der Waals surface area (Å²) < 4.78 is 7.08. The number of ether oxygens (including phenoxy) is 1. The van der Waals surface area contributed by atoms with Crippen LogP contribution in [0.25, 0.3) is 11.0 Å². The average molecular weight is 341 g/mol. The number of morpholine rings is 1. The maximum Gasteiger partial charge on any atom is 0.278 e. The third kappa shape index (κ3) is 6.16. The Morgan fingerprint density at radius 1 is 1.19 bits per heavy atom. The second-order valence-corrected chi connectivity index (χ2v) is 6.36. The van der Waals surface area contributed by atoms with Crippen LogP contribution in [0.4, 0.5) is 0 Å². The van der Waals surface area contributed by atoms with Crippen molar-refractivity contribution in [3.05, 3.63) is 28.4 Å². The molecule has 1 aliphatic rings. The highest BCUT2D eigenvalue weighted by atomic mass is 16.5. The van der Waals surface area contributed by atoms with E-state index in [9.17, 15) is 4.79 Å². The van der Waals surface area contributed by atoms with E-state index < -0.39 is 12.8 Å². The normalized spacial score (nSPS) is 14.7. The van der Waals surface area contributed by atoms with Gasteiger partial charge in [-0.15, -0.1) is 0 Å². The lowest BCUT2D eigenvalue weighted by Gasteiger charge is -2.26. The molecule has 6 nitrogen and oxygen atoms in total. The van der Waals surface area contributed by atoms with Crippen LogP contribution in [-0.4, -0.2) is 96.0 Å². The van der Waals surface area contributed by atoms with Gasteiger partial charge in [-0.1, -0.05) is 0 Å². The highest BCUT2D eigenvalue weighted by Gasteiger charge is 2.10. The predicted molar refractivity (Wildman–Crippen MR) is 111 cm³/mol. The lowest BCUT2D eigenvalue weighted by Crippen LogP contribution is -2.38. The molecule has 0 saturated carbocycles. The van der Waals surface area contributed by atoms with E-state index in [4.69, 9.17) is 35.7 Å². The zero-order valence-electron chi connectivity index (χ0n) is 15.2. The van der Waals surface area contributed by atoms with Crippen LogP contribution < -0.4 is 5.56 Å². The molecule has 3 rings (SSSR count). The Morgan fingerprint density at radius 2 is 1.85 bits per heavy atom. The monoisotopic (exact) mass is 342 g/mol. The van der Waals surface area contributed by atoms with Crippen molar-refractivity contribution in [2.45, 2.75) is 19.9 Å². The molecule has 12 heteroatoms. The van der Waals surface area contributed by atoms with Crippen LogP contribution in [0.1, 0.15) is 12.2 Å². The number of fused-ring (bicyclic) bond motifs is 1. The fourth-order valence-corrected chi connectivity index (χ4v) is 2.63. The van der Waals surface area contributed by atoms with Crippen LogP contribution in [-0.2, 0) is 11.3 Å². The SMILES string of the molecule is Cc1nc2c(=O)n(CCCN3CCOCC3)ccc2[nH]1.[B]B([B])B([B])[B]. The molecule has 2 aromatic rings. The van der Waals surface area contributed by atoms with Gasteiger partial charge in [0.25, 0.3) is 5.56 Å². The van der Waals surface area contributed by atoms with E-state index in [1.165, 1.54) is 0 Å². The van der Waals surface area contributed by atoms with E-state index in [-0.39, 0.29) is 5.56 Å². The zero-order chi connectivity index (χ0) is 19.1. The molecule has 0 aliphatic carbocycles. The molecule has 26 heavy (non-hydrogen) atoms. The molecule has 1 aliphatic heterocycles. The van der Waals surface area contributed by atoms with E-state index >= 15 is 0 Å². The van der Waals surface area contributed by atoms with Gasteiger partial charge in [-0.3, -0.25) is 9.69 Å². The Bertz CT molecular complexity index is 739. The summed E-state index contributed by atoms with van der Waals surface area (Å²) in [4.78, 5) is 22.0. The third-order valence-electron chi connectivity index (χ3n) is 4.16. The summed E-state index contributed by atoms with van der Waals surface area (Å²) >= 11 is 0. The molecule has 1 fully saturated rings. The van der Waals surface area contributed by atoms with Gasteiger partial charge in [0.15, 0.2) is 5.52 Å². The van der Waals surface area contributed by atoms with E-state index in [0.29, 0.717) is 5.52 Å². The number of nitrogens with zero attached hydrogens (tertiary/aromatic N) is 3. The second-order valence-electron chi connectivity index (χ2n) is 6.36. The number of hydrogen-bond donors (Lipinski definition) is 1. The number of imidazole rings is 1. The fraction of sp³-hybridized carbons (Fsp3) is 0.571. The van der Waals surface area contributed by atoms with Crippen molar-refractivity contribution in [3.63, 3.8) is 0 Å². The average Bonchev–Trinajstić information content (AvgIpc) is 3.00. The first kappa shape index (κ1) is 21.0. The molecule has 0 aromatic carbocycles. The zero-order valence-corrected chi connectivity index (χ0v) is 15.2. The van der Waals surface area contributed by atoms with Gasteiger partial charge in [-0.25, -0.2) is 4.98 Å². The molecule has 0 unspecified atom stereocenters. The summed E-state index contributed by atoms with van der Waals surface area (Å²) in [5.41, 5.74) is 1.35. The van der Waals surface area contributed by atoms with Crippen molar-refractivity contribution in [2.75, 3.05) is 32.8 Å². The van der Waals surface area contributed by atoms with Gasteiger partial charge >= 0.3 is 0 Å². The van der Waals surface area contributed by atoms with Crippen LogP contribution in [0, 0.1) is 6.92 Å². The second kappa shape index (κ2) is 10.2. The Labute approximate surface area is 160 Å². The number of aromatic nitrogens is 3. The van der Waals surface area contributed by atoms with Gasteiger partial charge in [0.1, 0.15) is 5.82 Å². The summed E-state index contributed by atoms with van der Waals surface area (Å²) in [7, 11) is 19.9. The van der Waals surface area contributed by atoms with Crippen LogP contribution >= 0.6 is 0 Å². The van der Waals surface area contributed by atoms with Crippen molar-refractivity contribution in [1.82, 2.24) is 19.4 Å². The summed E-state index contributed by atoms with van der Waals surface area (Å²) in [6.07, 6.45) is 1.63. The topological polar surface area (TPSA) is 63.1 Å². The van der Waals surface area contributed by atoms with Crippen molar-refractivity contribution < 1.29 is 4.74 Å². The van der Waals surface area contributed by atoms with Gasteiger partial charge in [-0.05, 0) is 19.4 Å². The molecular weight excluding hydrogens is 321 g/mol. The number of aromatic amines is 1. The van der Waals surface area contributed by atoms with E-state index in [2.05, 4.69) is 14.9 Å². The molecular formula is C14H20B6N4O2. The first-order valence-electron chi connectivity index (χ1n) is 8.76. The molecule has 2 aromatic heterocycles. The number of pyridine rings is 1. The minimum absolute atomic E-state index is 0.00572. The van der Waals surface area contributed by atoms with E-state index in [0.717, 1.165) is 57.2 Å². The maximum atomic E-state index is 12.3. The summed E-state index contributed by atoms with van der Waals surface area (Å²) in [5, 5.41) is 0. The Morgan fingerprint density at radius 3 is 2.46 bits per heavy atom. The van der Waals surface area contributed by atoms with Gasteiger partial charge in [0, 0.05) is 76.1 Å². The molecule has 0 spiro atoms. The Hall–Kier alpha value is -1.27. The minimum Gasteiger partial charge on any atom is -0.379 e. The molecule has 126 valence electrons. The van der Waals surface area contributed by atoms with Gasteiger partial charge in [-0.2, -0.15) is 0 Å². The van der Waals surface area contributed by atoms with E-state index in [1.54, 1.807) is 4.57 Å². The Balaban J connectivity index is 0.000000352. The maximum absolute atomic E-state index is 12.3. The van der Waals surface area contributed by atoms with Gasteiger partial charge < -0.3 is 14.3 Å². The highest BCUT2D eigenvalue weighted by molar-refractivity contribution is 7.76. The van der Waals surface area contributed by atoms with Crippen LogP contribution in [0.3, 0.4) is 0 Å². The van der Waals surface area contributed by atoms with Crippen LogP contribution in [0.15, 0.2) is 17.1 Å². The first-order valence-corrected chi connectivity index (χ1v) is 8.76. The van der Waals surface area contributed by atoms with Crippen molar-refractivity contribution >= 4 is 54.8 Å². The van der Waals surface area contributed by atoms with Crippen molar-refractivity contribution in [3.8, 4) is 0 Å². The summed E-state index contributed by atoms with van der Waals surface area (Å²) in [6.45, 7) is 7.23. The number of hydrogen-bond acceptors (Lipinski definition) is 4. The van der Waals surface area contributed by atoms with Gasteiger partial charge in [0.2, 0.25) is 0 Å². The van der Waals surface area contributed by atoms with Crippen LogP contribution in [0.5, 0.6) is 0 Å². The smallest absolute Gasteiger partial charge is 0.278 e. The summed E-state index contributed by atoms with van der Waals surface area (Å²) in [6, 6.07) is 1.92. The lowest BCUT2D eigenvalue weighted by atomic mass is 8.81. The Kier molecular flexibility index (Phi) is 8.22. The van der Waals surface area contributed by atoms with Crippen molar-refractivity contribution in [1.29, 1.82) is 0 Å². The largest absolute Gasteiger partial charge is 0.379 e. The number of H-pyrrole nitrogens is 1. The van der Waals surface area contributed by atoms with Crippen molar-refractivity contribution in [2.24, 2.45) is 0 Å². The quantitative estimate of drug-likeness (QED) is 0.671. The molecule has 3 heterocycles. The molecule has 1 N–H and O–H groups in total. The third-order valence-corrected chi connectivity index (χ3v) is 4.16. The fourth-order valence-electron chi connectivity index (χ4n) is 2.63. The van der Waals surface area contributed by atoms with Gasteiger partial charge in [0.05, 0.1) is 18.7 Å². The number of rotatable bonds is 5. The van der Waals surface area contributed by atoms with E-state index in [1.807, 2.05) is 19.2 Å². The highest BCUT2D eigenvalue weighted by Crippen LogP contribution is 2.06. The first-order chi connectivity index (χ1) is 12.4. The standard InChI is InChI=1S/C14H20N4O2.B6/c1-11-15-12-3-6-18(14(19)13(12)16-11)5-2-4-17-7-9-20-10-8-17;1-5(2)6(3)4/h3,6H,2,4-5,7-10H2,1H3,(H,15,16);. The molecule has 0 atom stereocenters. The number of nitrogens with one attached hydrogen (secondary N) is 1. The molecule has 1 saturated heterocycles. The van der Waals surface area contributed by atoms with Crippen LogP contribution in [0.2, 0.25) is 0 Å². The molecule has 0 amide bonds. The number of aryl methyl sites for hydroxylation is 2. The predicted octanol–water partition coefficient (Wildman–Crippen LogP) is -1.53. The molecule has 0 bridgehead atoms. The lowest BCUT2D eigenvalue weighted by molar-refractivity contribution is 0.0369.